The monoisotopic (exact) mass is 689 g/mol. The maximum atomic E-state index is 13.3. The second-order valence-corrected chi connectivity index (χ2v) is 15.1. The molecule has 7 N–H and O–H groups in total. The van der Waals surface area contributed by atoms with Gasteiger partial charge in [-0.25, -0.2) is 26.4 Å². The number of carbonyl (C=O) groups is 2. The van der Waals surface area contributed by atoms with Crippen molar-refractivity contribution in [3.63, 3.8) is 0 Å². The highest BCUT2D eigenvalue weighted by molar-refractivity contribution is 7.92. The van der Waals surface area contributed by atoms with Crippen LogP contribution in [-0.2, 0) is 31.3 Å². The van der Waals surface area contributed by atoms with Crippen molar-refractivity contribution in [3.05, 3.63) is 83.9 Å². The largest absolute Gasteiger partial charge is 0.506 e. The minimum atomic E-state index is -3.79. The number of benzene rings is 3. The van der Waals surface area contributed by atoms with E-state index in [0.29, 0.717) is 43.7 Å². The SMILES string of the molecule is CS(=O)(=O)Nc1cc(C(O)CNCC2CCN(S(=O)(=O)c3ccc(NC(=O)N[C@@H](Cc4ccccc4)C(=O)O)cc3)CC2)ccc1O. The zero-order valence-corrected chi connectivity index (χ0v) is 27.3. The normalized spacial score (nSPS) is 15.8. The Hall–Kier alpha value is -4.22. The third kappa shape index (κ3) is 10.4. The summed E-state index contributed by atoms with van der Waals surface area (Å²) in [6.45, 7) is 1.31. The van der Waals surface area contributed by atoms with Crippen LogP contribution >= 0.6 is 0 Å². The molecule has 1 unspecified atom stereocenters. The topological polar surface area (TPSA) is 214 Å². The van der Waals surface area contributed by atoms with Crippen molar-refractivity contribution in [2.45, 2.75) is 36.3 Å². The first kappa shape index (κ1) is 35.6. The van der Waals surface area contributed by atoms with Crippen LogP contribution in [0.2, 0.25) is 0 Å². The highest BCUT2D eigenvalue weighted by Crippen LogP contribution is 2.28. The van der Waals surface area contributed by atoms with Gasteiger partial charge in [-0.1, -0.05) is 36.4 Å². The average Bonchev–Trinajstić information content (AvgIpc) is 3.02. The molecule has 0 aromatic heterocycles. The number of hydrogen-bond donors (Lipinski definition) is 7. The lowest BCUT2D eigenvalue weighted by Crippen LogP contribution is -2.44. The van der Waals surface area contributed by atoms with Crippen molar-refractivity contribution in [3.8, 4) is 5.75 Å². The molecule has 0 saturated carbocycles. The number of phenols is 1. The van der Waals surface area contributed by atoms with Crippen LogP contribution in [0.15, 0.2) is 77.7 Å². The number of rotatable bonds is 14. The van der Waals surface area contributed by atoms with E-state index in [1.165, 1.54) is 46.8 Å². The van der Waals surface area contributed by atoms with Crippen LogP contribution in [0, 0.1) is 5.92 Å². The summed E-state index contributed by atoms with van der Waals surface area (Å²) in [7, 11) is -7.40. The van der Waals surface area contributed by atoms with E-state index in [4.69, 9.17) is 0 Å². The molecule has 47 heavy (non-hydrogen) atoms. The van der Waals surface area contributed by atoms with Crippen molar-refractivity contribution in [1.29, 1.82) is 0 Å². The van der Waals surface area contributed by atoms with Crippen molar-refractivity contribution < 1.29 is 41.7 Å². The molecule has 2 amide bonds. The fraction of sp³-hybridized carbons (Fsp3) is 0.355. The van der Waals surface area contributed by atoms with Crippen LogP contribution in [0.4, 0.5) is 16.2 Å². The summed E-state index contributed by atoms with van der Waals surface area (Å²) in [6.07, 6.45) is 1.28. The molecule has 0 aliphatic carbocycles. The first-order chi connectivity index (χ1) is 22.2. The Bertz CT molecular complexity index is 1750. The molecule has 3 aromatic rings. The van der Waals surface area contributed by atoms with Gasteiger partial charge in [0.25, 0.3) is 0 Å². The summed E-state index contributed by atoms with van der Waals surface area (Å²) in [4.78, 5) is 24.2. The van der Waals surface area contributed by atoms with Gasteiger partial charge in [-0.15, -0.1) is 0 Å². The Balaban J connectivity index is 1.23. The number of phenolic OH excluding ortho intramolecular Hbond substituents is 1. The molecule has 3 aromatic carbocycles. The second-order valence-electron chi connectivity index (χ2n) is 11.4. The molecule has 254 valence electrons. The molecule has 0 spiro atoms. The number of amides is 2. The Morgan fingerprint density at radius 3 is 2.23 bits per heavy atom. The minimum absolute atomic E-state index is 0.0301. The number of aliphatic hydroxyl groups is 1. The number of carboxylic acid groups (broad SMARTS) is 1. The van der Waals surface area contributed by atoms with Crippen LogP contribution in [0.3, 0.4) is 0 Å². The minimum Gasteiger partial charge on any atom is -0.506 e. The molecular weight excluding hydrogens is 651 g/mol. The van der Waals surface area contributed by atoms with E-state index in [2.05, 4.69) is 20.7 Å². The van der Waals surface area contributed by atoms with Crippen LogP contribution in [0.25, 0.3) is 0 Å². The summed E-state index contributed by atoms with van der Waals surface area (Å²) in [5.74, 6) is -1.28. The molecule has 1 fully saturated rings. The predicted octanol–water partition coefficient (Wildman–Crippen LogP) is 2.31. The highest BCUT2D eigenvalue weighted by atomic mass is 32.2. The van der Waals surface area contributed by atoms with Gasteiger partial charge in [-0.2, -0.15) is 4.31 Å². The standard InChI is InChI=1S/C31H39N5O9S2/c1-46(42,43)35-26-18-23(7-12-28(26)37)29(38)20-32-19-22-13-15-36(16-14-22)47(44,45)25-10-8-24(9-11-25)33-31(41)34-27(30(39)40)17-21-5-3-2-4-6-21/h2-12,18,22,27,29,32,35,37-38H,13-17,19-20H2,1H3,(H,39,40)(H2,33,34,41)/t27-,29?/m0/s1. The van der Waals surface area contributed by atoms with E-state index in [1.807, 2.05) is 6.07 Å². The van der Waals surface area contributed by atoms with Gasteiger partial charge < -0.3 is 31.3 Å². The van der Waals surface area contributed by atoms with Gasteiger partial charge in [0.1, 0.15) is 11.8 Å². The van der Waals surface area contributed by atoms with Gasteiger partial charge in [0.15, 0.2) is 0 Å². The molecule has 4 rings (SSSR count). The third-order valence-corrected chi connectivity index (χ3v) is 10.2. The molecule has 1 aliphatic rings. The second kappa shape index (κ2) is 15.6. The number of hydrogen-bond acceptors (Lipinski definition) is 9. The van der Waals surface area contributed by atoms with Gasteiger partial charge in [0.2, 0.25) is 20.0 Å². The van der Waals surface area contributed by atoms with Crippen LogP contribution in [-0.4, -0.2) is 86.9 Å². The van der Waals surface area contributed by atoms with Gasteiger partial charge >= 0.3 is 12.0 Å². The summed E-state index contributed by atoms with van der Waals surface area (Å²) in [6, 6.07) is 16.8. The Labute approximate surface area is 273 Å². The zero-order valence-electron chi connectivity index (χ0n) is 25.7. The lowest BCUT2D eigenvalue weighted by atomic mass is 9.98. The molecule has 1 heterocycles. The van der Waals surface area contributed by atoms with Gasteiger partial charge in [0.05, 0.1) is 22.9 Å². The number of nitrogens with one attached hydrogen (secondary N) is 4. The molecule has 0 radical (unpaired) electrons. The van der Waals surface area contributed by atoms with Crippen LogP contribution in [0.5, 0.6) is 5.75 Å². The molecule has 1 aliphatic heterocycles. The predicted molar refractivity (Wildman–Crippen MR) is 176 cm³/mol. The number of aliphatic carboxylic acids is 1. The number of nitrogens with zero attached hydrogens (tertiary/aromatic N) is 1. The Morgan fingerprint density at radius 2 is 1.62 bits per heavy atom. The number of urea groups is 1. The van der Waals surface area contributed by atoms with Gasteiger partial charge in [-0.3, -0.25) is 4.72 Å². The first-order valence-electron chi connectivity index (χ1n) is 14.8. The lowest BCUT2D eigenvalue weighted by Gasteiger charge is -2.31. The van der Waals surface area contributed by atoms with Crippen molar-refractivity contribution in [1.82, 2.24) is 14.9 Å². The lowest BCUT2D eigenvalue weighted by molar-refractivity contribution is -0.139. The van der Waals surface area contributed by atoms with E-state index in [9.17, 15) is 41.7 Å². The smallest absolute Gasteiger partial charge is 0.326 e. The summed E-state index contributed by atoms with van der Waals surface area (Å²) in [5, 5.41) is 38.1. The molecule has 14 nitrogen and oxygen atoms in total. The number of piperidine rings is 1. The number of carbonyl (C=O) groups excluding carboxylic acids is 1. The third-order valence-electron chi connectivity index (χ3n) is 7.68. The maximum absolute atomic E-state index is 13.3. The highest BCUT2D eigenvalue weighted by Gasteiger charge is 2.29. The quantitative estimate of drug-likeness (QED) is 0.123. The number of aliphatic hydroxyl groups excluding tert-OH is 1. The van der Waals surface area contributed by atoms with Gasteiger partial charge in [0, 0.05) is 31.7 Å². The number of anilines is 2. The van der Waals surface area contributed by atoms with E-state index >= 15 is 0 Å². The number of carboxylic acids is 1. The average molecular weight is 690 g/mol. The molecule has 16 heteroatoms. The van der Waals surface area contributed by atoms with E-state index < -0.39 is 44.2 Å². The summed E-state index contributed by atoms with van der Waals surface area (Å²) in [5.41, 5.74) is 1.43. The zero-order chi connectivity index (χ0) is 34.2. The van der Waals surface area contributed by atoms with Gasteiger partial charge in [-0.05, 0) is 72.8 Å². The van der Waals surface area contributed by atoms with Crippen LogP contribution in [0.1, 0.15) is 30.1 Å². The molecular formula is C31H39N5O9S2. The Morgan fingerprint density at radius 1 is 0.957 bits per heavy atom. The molecule has 1 saturated heterocycles. The van der Waals surface area contributed by atoms with Crippen molar-refractivity contribution in [2.24, 2.45) is 5.92 Å². The van der Waals surface area contributed by atoms with E-state index in [0.717, 1.165) is 11.8 Å². The molecule has 0 bridgehead atoms. The molecule has 2 atom stereocenters. The number of sulfonamides is 2. The summed E-state index contributed by atoms with van der Waals surface area (Å²) < 4.78 is 53.2. The summed E-state index contributed by atoms with van der Waals surface area (Å²) >= 11 is 0. The van der Waals surface area contributed by atoms with Crippen molar-refractivity contribution >= 4 is 43.4 Å². The van der Waals surface area contributed by atoms with Crippen LogP contribution < -0.4 is 20.7 Å². The Kier molecular flexibility index (Phi) is 11.8. The van der Waals surface area contributed by atoms with Crippen molar-refractivity contribution in [2.75, 3.05) is 42.5 Å². The number of aromatic hydroxyl groups is 1. The fourth-order valence-electron chi connectivity index (χ4n) is 5.17. The maximum Gasteiger partial charge on any atom is 0.326 e. The van der Waals surface area contributed by atoms with E-state index in [-0.39, 0.29) is 35.2 Å². The first-order valence-corrected chi connectivity index (χ1v) is 18.2. The van der Waals surface area contributed by atoms with E-state index in [1.54, 1.807) is 24.3 Å². The fourth-order valence-corrected chi connectivity index (χ4v) is 7.21.